The largest absolute Gasteiger partial charge is 0.309 e. The van der Waals surface area contributed by atoms with E-state index in [4.69, 9.17) is 0 Å². The van der Waals surface area contributed by atoms with E-state index < -0.39 is 10.8 Å². The summed E-state index contributed by atoms with van der Waals surface area (Å²) in [6.07, 6.45) is 0. The molecule has 14 rings (SSSR count). The molecule has 12 aromatic carbocycles. The summed E-state index contributed by atoms with van der Waals surface area (Å²) < 4.78 is 0. The van der Waals surface area contributed by atoms with Crippen LogP contribution in [0, 0.1) is 0 Å². The molecule has 0 spiro atoms. The fourth-order valence-corrected chi connectivity index (χ4v) is 13.0. The predicted octanol–water partition coefficient (Wildman–Crippen LogP) is 18.9. The van der Waals surface area contributed by atoms with Gasteiger partial charge in [0, 0.05) is 22.4 Å². The number of hydrogen-bond donors (Lipinski definition) is 0. The van der Waals surface area contributed by atoms with Crippen LogP contribution in [0.15, 0.2) is 309 Å². The lowest BCUT2D eigenvalue weighted by Gasteiger charge is -2.35. The summed E-state index contributed by atoms with van der Waals surface area (Å²) in [6, 6.07) is 115. The van der Waals surface area contributed by atoms with Crippen molar-refractivity contribution in [2.45, 2.75) is 10.8 Å². The lowest BCUT2D eigenvalue weighted by Crippen LogP contribution is -2.28. The molecule has 0 aliphatic heterocycles. The maximum Gasteiger partial charge on any atom is 0.0714 e. The summed E-state index contributed by atoms with van der Waals surface area (Å²) in [4.78, 5) is 2.56. The van der Waals surface area contributed by atoms with Crippen LogP contribution in [0.2, 0.25) is 0 Å². The van der Waals surface area contributed by atoms with Gasteiger partial charge in [-0.1, -0.05) is 285 Å². The lowest BCUT2D eigenvalue weighted by atomic mass is 9.67. The number of hydrogen-bond acceptors (Lipinski definition) is 1. The fraction of sp³-hybridized carbons (Fsp3) is 0.0270. The molecule has 0 fully saturated rings. The molecule has 1 heteroatoms. The van der Waals surface area contributed by atoms with Crippen LogP contribution in [-0.2, 0) is 10.8 Å². The lowest BCUT2D eigenvalue weighted by molar-refractivity contribution is 0.768. The van der Waals surface area contributed by atoms with Crippen molar-refractivity contribution in [3.63, 3.8) is 0 Å². The van der Waals surface area contributed by atoms with Crippen LogP contribution >= 0.6 is 0 Å². The number of anilines is 3. The van der Waals surface area contributed by atoms with Gasteiger partial charge in [0.05, 0.1) is 22.2 Å². The van der Waals surface area contributed by atoms with Gasteiger partial charge in [-0.3, -0.25) is 0 Å². The van der Waals surface area contributed by atoms with Gasteiger partial charge in [0.1, 0.15) is 0 Å². The third kappa shape index (κ3) is 6.86. The molecule has 75 heavy (non-hydrogen) atoms. The van der Waals surface area contributed by atoms with Gasteiger partial charge in [-0.05, 0) is 108 Å². The first-order valence-corrected chi connectivity index (χ1v) is 26.1. The highest BCUT2D eigenvalue weighted by molar-refractivity contribution is 6.03. The normalized spacial score (nSPS) is 13.3. The second-order valence-corrected chi connectivity index (χ2v) is 19.8. The summed E-state index contributed by atoms with van der Waals surface area (Å²) in [5, 5.41) is 0. The molecule has 0 atom stereocenters. The van der Waals surface area contributed by atoms with Crippen LogP contribution in [0.25, 0.3) is 55.6 Å². The number of fused-ring (bicyclic) bond motifs is 6. The average Bonchev–Trinajstić information content (AvgIpc) is 4.09. The van der Waals surface area contributed by atoms with Crippen LogP contribution in [0.1, 0.15) is 44.5 Å². The molecule has 12 aromatic rings. The Bertz CT molecular complexity index is 3880. The van der Waals surface area contributed by atoms with Crippen molar-refractivity contribution in [2.75, 3.05) is 4.90 Å². The van der Waals surface area contributed by atoms with Gasteiger partial charge < -0.3 is 4.90 Å². The third-order valence-electron chi connectivity index (χ3n) is 16.0. The van der Waals surface area contributed by atoms with E-state index >= 15 is 0 Å². The van der Waals surface area contributed by atoms with Crippen molar-refractivity contribution < 1.29 is 0 Å². The Kier molecular flexibility index (Phi) is 10.7. The first kappa shape index (κ1) is 44.2. The standard InChI is InChI=1S/C74H51N/c1-7-25-53(26-8-1)61-39-23-40-62(54-27-9-2-10-28-54)72(61)75(70-44-24-43-68-71(70)65-38-20-22-42-67(65)73(68,56-29-11-3-12-30-56)57-31-13-4-14-32-57)60-48-45-52(46-49-60)55-47-50-64-63-37-19-21-41-66(63)74(69(64)51-55,58-33-15-5-16-34-58)59-35-17-6-18-36-59/h1-51H. The molecule has 1 nitrogen and oxygen atoms in total. The maximum absolute atomic E-state index is 2.56. The van der Waals surface area contributed by atoms with Crippen molar-refractivity contribution in [3.8, 4) is 55.6 Å². The maximum atomic E-state index is 2.56. The number of nitrogens with zero attached hydrogens (tertiary/aromatic N) is 1. The molecule has 2 aliphatic carbocycles. The number of para-hydroxylation sites is 1. The van der Waals surface area contributed by atoms with Gasteiger partial charge in [0.25, 0.3) is 0 Å². The second kappa shape index (κ2) is 18.2. The van der Waals surface area contributed by atoms with Gasteiger partial charge in [-0.25, -0.2) is 0 Å². The van der Waals surface area contributed by atoms with Crippen LogP contribution in [-0.4, -0.2) is 0 Å². The van der Waals surface area contributed by atoms with E-state index in [1.54, 1.807) is 0 Å². The van der Waals surface area contributed by atoms with Crippen LogP contribution in [0.3, 0.4) is 0 Å². The Hall–Kier alpha value is -9.56. The van der Waals surface area contributed by atoms with Gasteiger partial charge in [-0.2, -0.15) is 0 Å². The van der Waals surface area contributed by atoms with Crippen LogP contribution in [0.5, 0.6) is 0 Å². The minimum Gasteiger partial charge on any atom is -0.309 e. The molecular weight excluding hydrogens is 903 g/mol. The first-order chi connectivity index (χ1) is 37.2. The Morgan fingerprint density at radius 3 is 1.12 bits per heavy atom. The molecule has 0 bridgehead atoms. The van der Waals surface area contributed by atoms with Crippen LogP contribution in [0.4, 0.5) is 17.1 Å². The second-order valence-electron chi connectivity index (χ2n) is 19.8. The topological polar surface area (TPSA) is 3.24 Å². The minimum atomic E-state index is -0.566. The molecule has 0 amide bonds. The van der Waals surface area contributed by atoms with E-state index in [1.807, 2.05) is 0 Å². The molecule has 0 saturated heterocycles. The summed E-state index contributed by atoms with van der Waals surface area (Å²) >= 11 is 0. The molecule has 0 unspecified atom stereocenters. The van der Waals surface area contributed by atoms with E-state index in [9.17, 15) is 0 Å². The zero-order valence-corrected chi connectivity index (χ0v) is 41.4. The zero-order chi connectivity index (χ0) is 49.8. The van der Waals surface area contributed by atoms with Gasteiger partial charge in [0.15, 0.2) is 0 Å². The Balaban J connectivity index is 1.02. The minimum absolute atomic E-state index is 0.491. The highest BCUT2D eigenvalue weighted by Gasteiger charge is 2.48. The van der Waals surface area contributed by atoms with E-state index in [0.717, 1.165) is 44.9 Å². The molecule has 2 aliphatic rings. The van der Waals surface area contributed by atoms with Gasteiger partial charge in [-0.15, -0.1) is 0 Å². The van der Waals surface area contributed by atoms with E-state index in [-0.39, 0.29) is 0 Å². The third-order valence-corrected chi connectivity index (χ3v) is 16.0. The quantitative estimate of drug-likeness (QED) is 0.132. The van der Waals surface area contributed by atoms with Crippen molar-refractivity contribution in [2.24, 2.45) is 0 Å². The first-order valence-electron chi connectivity index (χ1n) is 26.1. The summed E-state index contributed by atoms with van der Waals surface area (Å²) in [6.45, 7) is 0. The van der Waals surface area contributed by atoms with E-state index in [2.05, 4.69) is 314 Å². The predicted molar refractivity (Wildman–Crippen MR) is 312 cm³/mol. The van der Waals surface area contributed by atoms with Gasteiger partial charge >= 0.3 is 0 Å². The molecule has 352 valence electrons. The summed E-state index contributed by atoms with van der Waals surface area (Å²) in [5.41, 5.74) is 24.4. The van der Waals surface area contributed by atoms with Gasteiger partial charge in [0.2, 0.25) is 0 Å². The molecule has 0 radical (unpaired) electrons. The van der Waals surface area contributed by atoms with E-state index in [1.165, 1.54) is 72.3 Å². The number of benzene rings is 12. The zero-order valence-electron chi connectivity index (χ0n) is 41.4. The smallest absolute Gasteiger partial charge is 0.0714 e. The van der Waals surface area contributed by atoms with Crippen molar-refractivity contribution in [1.29, 1.82) is 0 Å². The average molecular weight is 954 g/mol. The van der Waals surface area contributed by atoms with Crippen molar-refractivity contribution in [3.05, 3.63) is 354 Å². The fourth-order valence-electron chi connectivity index (χ4n) is 13.0. The SMILES string of the molecule is c1ccc(-c2cccc(-c3ccccc3)c2N(c2ccc(-c3ccc4c(c3)C(c3ccccc3)(c3ccccc3)c3ccccc3-4)cc2)c2cccc3c2-c2ccccc2C3(c2ccccc2)c2ccccc2)cc1. The summed E-state index contributed by atoms with van der Waals surface area (Å²) in [5.74, 6) is 0. The van der Waals surface area contributed by atoms with Crippen molar-refractivity contribution >= 4 is 17.1 Å². The summed E-state index contributed by atoms with van der Waals surface area (Å²) in [7, 11) is 0. The molecular formula is C74H51N. The highest BCUT2D eigenvalue weighted by atomic mass is 15.2. The van der Waals surface area contributed by atoms with Crippen molar-refractivity contribution in [1.82, 2.24) is 0 Å². The Morgan fingerprint density at radius 1 is 0.227 bits per heavy atom. The molecule has 0 N–H and O–H groups in total. The Morgan fingerprint density at radius 2 is 0.600 bits per heavy atom. The Labute approximate surface area is 440 Å². The molecule has 0 saturated carbocycles. The number of rotatable bonds is 10. The van der Waals surface area contributed by atoms with Crippen LogP contribution < -0.4 is 4.90 Å². The monoisotopic (exact) mass is 953 g/mol. The highest BCUT2D eigenvalue weighted by Crippen LogP contribution is 2.61. The molecule has 0 aromatic heterocycles. The molecule has 0 heterocycles. The van der Waals surface area contributed by atoms with E-state index in [0.29, 0.717) is 0 Å².